The first-order chi connectivity index (χ1) is 18.9. The molecule has 1 heterocycles. The lowest BCUT2D eigenvalue weighted by Gasteiger charge is -2.36. The van der Waals surface area contributed by atoms with Crippen molar-refractivity contribution in [1.29, 1.82) is 0 Å². The smallest absolute Gasteiger partial charge is 0.339 e. The van der Waals surface area contributed by atoms with Gasteiger partial charge in [0.25, 0.3) is 0 Å². The molecule has 0 radical (unpaired) electrons. The number of anilines is 1. The lowest BCUT2D eigenvalue weighted by Crippen LogP contribution is -2.47. The Hall–Kier alpha value is -3.82. The molecule has 0 saturated carbocycles. The molecule has 10 heteroatoms. The number of hydrogen-bond donors (Lipinski definition) is 0. The summed E-state index contributed by atoms with van der Waals surface area (Å²) in [6.45, 7) is 3.89. The molecule has 0 N–H and O–H groups in total. The van der Waals surface area contributed by atoms with Gasteiger partial charge in [-0.1, -0.05) is 18.2 Å². The first-order valence-electron chi connectivity index (χ1n) is 12.8. The zero-order valence-corrected chi connectivity index (χ0v) is 23.6. The van der Waals surface area contributed by atoms with Gasteiger partial charge in [0.15, 0.2) is 17.6 Å². The van der Waals surface area contributed by atoms with Crippen molar-refractivity contribution in [3.8, 4) is 17.2 Å². The fraction of sp³-hybridized carbons (Fsp3) is 0.333. The van der Waals surface area contributed by atoms with E-state index >= 15 is 0 Å². The van der Waals surface area contributed by atoms with Crippen LogP contribution in [-0.4, -0.2) is 76.8 Å². The van der Waals surface area contributed by atoms with Crippen molar-refractivity contribution in [3.63, 3.8) is 0 Å². The standard InChI is InChI=1S/C30H33FN2O6.ClH/c1-36-26-19-22(20-27(37-2)29(26)38-3)30(35)39-25(28(34)21-9-11-23(31)12-10-21)13-14-32-15-17-33(18-16-32)24-7-5-4-6-8-24;/h4-12,19-20,25H,13-18H2,1-3H3;1H. The van der Waals surface area contributed by atoms with Crippen molar-refractivity contribution in [2.45, 2.75) is 12.5 Å². The minimum Gasteiger partial charge on any atom is -0.493 e. The predicted molar refractivity (Wildman–Crippen MR) is 153 cm³/mol. The van der Waals surface area contributed by atoms with E-state index in [1.807, 2.05) is 18.2 Å². The van der Waals surface area contributed by atoms with Gasteiger partial charge in [-0.2, -0.15) is 0 Å². The van der Waals surface area contributed by atoms with Crippen LogP contribution >= 0.6 is 12.4 Å². The molecule has 0 spiro atoms. The van der Waals surface area contributed by atoms with Crippen molar-refractivity contribution in [1.82, 2.24) is 4.90 Å². The van der Waals surface area contributed by atoms with E-state index in [0.717, 1.165) is 26.2 Å². The van der Waals surface area contributed by atoms with Crippen LogP contribution in [0.5, 0.6) is 17.2 Å². The first kappa shape index (κ1) is 30.7. The normalized spacial score (nSPS) is 14.1. The maximum atomic E-state index is 13.5. The monoisotopic (exact) mass is 572 g/mol. The third kappa shape index (κ3) is 7.43. The number of nitrogens with zero attached hydrogens (tertiary/aromatic N) is 2. The van der Waals surface area contributed by atoms with E-state index in [-0.39, 0.29) is 30.0 Å². The molecule has 0 amide bonds. The molecule has 1 atom stereocenters. The van der Waals surface area contributed by atoms with Crippen molar-refractivity contribution in [2.75, 3.05) is 59.0 Å². The van der Waals surface area contributed by atoms with Crippen LogP contribution < -0.4 is 19.1 Å². The van der Waals surface area contributed by atoms with Crippen molar-refractivity contribution >= 4 is 29.8 Å². The Morgan fingerprint density at radius 3 is 1.98 bits per heavy atom. The van der Waals surface area contributed by atoms with Gasteiger partial charge in [-0.05, 0) is 48.5 Å². The molecule has 40 heavy (non-hydrogen) atoms. The number of benzene rings is 3. The summed E-state index contributed by atoms with van der Waals surface area (Å²) in [5.74, 6) is -0.621. The number of esters is 1. The van der Waals surface area contributed by atoms with E-state index in [1.165, 1.54) is 63.4 Å². The molecule has 3 aromatic carbocycles. The minimum absolute atomic E-state index is 0. The molecule has 3 aromatic rings. The van der Waals surface area contributed by atoms with Crippen molar-refractivity contribution in [2.24, 2.45) is 0 Å². The highest BCUT2D eigenvalue weighted by molar-refractivity contribution is 6.01. The fourth-order valence-corrected chi connectivity index (χ4v) is 4.61. The van der Waals surface area contributed by atoms with Crippen LogP contribution in [-0.2, 0) is 4.74 Å². The van der Waals surface area contributed by atoms with E-state index in [1.54, 1.807) is 0 Å². The molecule has 1 aliphatic rings. The second-order valence-electron chi connectivity index (χ2n) is 9.13. The first-order valence-corrected chi connectivity index (χ1v) is 12.8. The van der Waals surface area contributed by atoms with Crippen LogP contribution in [0.15, 0.2) is 66.7 Å². The molecule has 214 valence electrons. The average Bonchev–Trinajstić information content (AvgIpc) is 2.99. The van der Waals surface area contributed by atoms with Gasteiger partial charge in [0.05, 0.1) is 26.9 Å². The number of piperazine rings is 1. The molecular weight excluding hydrogens is 539 g/mol. The third-order valence-corrected chi connectivity index (χ3v) is 6.77. The summed E-state index contributed by atoms with van der Waals surface area (Å²) in [4.78, 5) is 31.2. The summed E-state index contributed by atoms with van der Waals surface area (Å²) in [5, 5.41) is 0. The molecule has 0 bridgehead atoms. The van der Waals surface area contributed by atoms with Gasteiger partial charge >= 0.3 is 5.97 Å². The Bertz CT molecular complexity index is 1240. The number of methoxy groups -OCH3 is 3. The Kier molecular flexibility index (Phi) is 11.2. The Balaban J connectivity index is 0.00000441. The lowest BCUT2D eigenvalue weighted by atomic mass is 10.0. The zero-order chi connectivity index (χ0) is 27.8. The van der Waals surface area contributed by atoms with Crippen molar-refractivity contribution < 1.29 is 32.9 Å². The number of ketones is 1. The molecule has 1 unspecified atom stereocenters. The zero-order valence-electron chi connectivity index (χ0n) is 22.8. The highest BCUT2D eigenvalue weighted by atomic mass is 35.5. The summed E-state index contributed by atoms with van der Waals surface area (Å²) in [7, 11) is 4.37. The maximum Gasteiger partial charge on any atom is 0.339 e. The van der Waals surface area contributed by atoms with Crippen LogP contribution in [0, 0.1) is 5.82 Å². The summed E-state index contributed by atoms with van der Waals surface area (Å²) >= 11 is 0. The molecule has 0 aromatic heterocycles. The van der Waals surface area contributed by atoms with Crippen molar-refractivity contribution in [3.05, 3.63) is 83.7 Å². The molecule has 8 nitrogen and oxygen atoms in total. The van der Waals surface area contributed by atoms with Crippen LogP contribution in [0.4, 0.5) is 10.1 Å². The number of ether oxygens (including phenoxy) is 4. The summed E-state index contributed by atoms with van der Waals surface area (Å²) < 4.78 is 35.3. The Labute approximate surface area is 240 Å². The molecule has 4 rings (SSSR count). The van der Waals surface area contributed by atoms with Gasteiger partial charge < -0.3 is 23.8 Å². The van der Waals surface area contributed by atoms with E-state index in [4.69, 9.17) is 18.9 Å². The number of hydrogen-bond acceptors (Lipinski definition) is 8. The van der Waals surface area contributed by atoms with Crippen LogP contribution in [0.3, 0.4) is 0 Å². The fourth-order valence-electron chi connectivity index (χ4n) is 4.61. The number of carbonyl (C=O) groups is 2. The quantitative estimate of drug-likeness (QED) is 0.237. The predicted octanol–water partition coefficient (Wildman–Crippen LogP) is 4.89. The molecule has 1 aliphatic heterocycles. The van der Waals surface area contributed by atoms with Crippen LogP contribution in [0.25, 0.3) is 0 Å². The molecule has 1 saturated heterocycles. The lowest BCUT2D eigenvalue weighted by molar-refractivity contribution is 0.0245. The number of para-hydroxylation sites is 1. The van der Waals surface area contributed by atoms with Crippen LogP contribution in [0.2, 0.25) is 0 Å². The highest BCUT2D eigenvalue weighted by Crippen LogP contribution is 2.38. The molecule has 1 fully saturated rings. The summed E-state index contributed by atoms with van der Waals surface area (Å²) in [5.41, 5.74) is 1.60. The Morgan fingerprint density at radius 2 is 1.43 bits per heavy atom. The van der Waals surface area contributed by atoms with E-state index in [2.05, 4.69) is 21.9 Å². The van der Waals surface area contributed by atoms with Crippen LogP contribution in [0.1, 0.15) is 27.1 Å². The van der Waals surface area contributed by atoms with Gasteiger partial charge in [-0.3, -0.25) is 9.69 Å². The van der Waals surface area contributed by atoms with Gasteiger partial charge in [0.2, 0.25) is 11.5 Å². The maximum absolute atomic E-state index is 13.5. The SMILES string of the molecule is COc1cc(C(=O)OC(CCN2CCN(c3ccccc3)CC2)C(=O)c2ccc(F)cc2)cc(OC)c1OC.Cl. The summed E-state index contributed by atoms with van der Waals surface area (Å²) in [6.07, 6.45) is -0.772. The molecule has 0 aliphatic carbocycles. The van der Waals surface area contributed by atoms with Gasteiger partial charge in [0, 0.05) is 50.4 Å². The van der Waals surface area contributed by atoms with E-state index < -0.39 is 23.7 Å². The number of rotatable bonds is 11. The second-order valence-corrected chi connectivity index (χ2v) is 9.13. The highest BCUT2D eigenvalue weighted by Gasteiger charge is 2.28. The molecular formula is C30H34ClFN2O6. The Morgan fingerprint density at radius 1 is 0.825 bits per heavy atom. The van der Waals surface area contributed by atoms with Gasteiger partial charge in [0.1, 0.15) is 5.82 Å². The van der Waals surface area contributed by atoms with E-state index in [0.29, 0.717) is 23.8 Å². The third-order valence-electron chi connectivity index (χ3n) is 6.77. The number of carbonyl (C=O) groups excluding carboxylic acids is 2. The topological polar surface area (TPSA) is 77.5 Å². The van der Waals surface area contributed by atoms with Gasteiger partial charge in [-0.15, -0.1) is 12.4 Å². The number of Topliss-reactive ketones (excluding diaryl/α,β-unsaturated/α-hetero) is 1. The minimum atomic E-state index is -1.06. The van der Waals surface area contributed by atoms with Gasteiger partial charge in [-0.25, -0.2) is 9.18 Å². The average molecular weight is 573 g/mol. The van der Waals surface area contributed by atoms with E-state index in [9.17, 15) is 14.0 Å². The second kappa shape index (κ2) is 14.5. The summed E-state index contributed by atoms with van der Waals surface area (Å²) in [6, 6.07) is 18.4. The largest absolute Gasteiger partial charge is 0.493 e. The number of halogens is 2.